The van der Waals surface area contributed by atoms with E-state index in [1.54, 1.807) is 43.0 Å². The number of carbonyl (C=O) groups is 3. The molecular weight excluding hydrogens is 885 g/mol. The number of aliphatic hydroxyl groups is 1. The number of nitrogens with zero attached hydrogens (tertiary/aromatic N) is 11. The Balaban J connectivity index is 0.773. The zero-order chi connectivity index (χ0) is 47.9. The quantitative estimate of drug-likeness (QED) is 0.111. The Morgan fingerprint density at radius 1 is 0.882 bits per heavy atom. The van der Waals surface area contributed by atoms with E-state index in [9.17, 15) is 24.6 Å². The van der Waals surface area contributed by atoms with Crippen LogP contribution in [0.3, 0.4) is 0 Å². The molecule has 4 atom stereocenters. The topological polar surface area (TPSA) is 256 Å². The number of hydrogen-bond donors (Lipinski definition) is 5. The van der Waals surface area contributed by atoms with E-state index in [1.165, 1.54) is 16.2 Å². The molecule has 0 spiro atoms. The van der Waals surface area contributed by atoms with Gasteiger partial charge in [-0.15, -0.1) is 21.5 Å². The van der Waals surface area contributed by atoms with Gasteiger partial charge in [0.2, 0.25) is 23.7 Å². The first kappa shape index (κ1) is 46.4. The molecule has 3 amide bonds. The van der Waals surface area contributed by atoms with Crippen LogP contribution in [0.2, 0.25) is 0 Å². The Bertz CT molecular complexity index is 2780. The molecule has 2 saturated heterocycles. The number of piperidine rings is 1. The lowest BCUT2D eigenvalue weighted by molar-refractivity contribution is -0.144. The first-order valence-electron chi connectivity index (χ1n) is 23.3. The van der Waals surface area contributed by atoms with Gasteiger partial charge in [-0.05, 0) is 87.5 Å². The van der Waals surface area contributed by atoms with E-state index in [1.807, 2.05) is 56.9 Å². The van der Waals surface area contributed by atoms with Crippen molar-refractivity contribution in [3.05, 3.63) is 77.6 Å². The summed E-state index contributed by atoms with van der Waals surface area (Å²) in [4.78, 5) is 69.4. The van der Waals surface area contributed by atoms with Gasteiger partial charge in [-0.25, -0.2) is 15.0 Å². The lowest BCUT2D eigenvalue weighted by Crippen LogP contribution is -2.58. The molecule has 1 aliphatic carbocycles. The number of likely N-dealkylation sites (tertiary alicyclic amines) is 1. The van der Waals surface area contributed by atoms with Crippen molar-refractivity contribution in [3.63, 3.8) is 0 Å². The van der Waals surface area contributed by atoms with Crippen LogP contribution in [0.5, 0.6) is 5.75 Å². The number of aromatic hydroxyl groups is 1. The van der Waals surface area contributed by atoms with Crippen LogP contribution in [-0.4, -0.2) is 116 Å². The highest BCUT2D eigenvalue weighted by Gasteiger charge is 2.45. The van der Waals surface area contributed by atoms with Crippen molar-refractivity contribution in [1.82, 2.24) is 60.4 Å². The molecule has 1 saturated carbocycles. The number of anilines is 2. The molecule has 0 bridgehead atoms. The van der Waals surface area contributed by atoms with Crippen LogP contribution in [0.25, 0.3) is 32.9 Å². The number of β-amino-alcohol motifs (C(OH)–C–C–N with tert-alkyl or cyclic N) is 1. The van der Waals surface area contributed by atoms with Crippen molar-refractivity contribution < 1.29 is 24.6 Å². The van der Waals surface area contributed by atoms with Gasteiger partial charge in [-0.1, -0.05) is 32.9 Å². The predicted molar refractivity (Wildman–Crippen MR) is 256 cm³/mol. The molecule has 6 aromatic rings. The SMILES string of the molecule is Cc1ncsc1-c1cnc([C@H](C)NC(=O)[C@@H]2C[C@@H](O)CN2C(=O)[C@@H](NC(=O)C2CCC(c3cnc(N4CCC(n5nc(N)c6nnc(-c7ccccc7O)cc65)CC4)nc3)CC2)C(C)(C)C)cn1. The summed E-state index contributed by atoms with van der Waals surface area (Å²) in [6.07, 6.45) is 10.7. The van der Waals surface area contributed by atoms with E-state index in [0.29, 0.717) is 52.8 Å². The number of phenols is 1. The number of nitrogens with one attached hydrogen (secondary N) is 2. The van der Waals surface area contributed by atoms with Gasteiger partial charge in [0.1, 0.15) is 23.5 Å². The zero-order valence-corrected chi connectivity index (χ0v) is 39.7. The van der Waals surface area contributed by atoms with E-state index in [2.05, 4.69) is 45.8 Å². The Morgan fingerprint density at radius 2 is 1.62 bits per heavy atom. The number of rotatable bonds is 11. The smallest absolute Gasteiger partial charge is 0.246 e. The van der Waals surface area contributed by atoms with Crippen LogP contribution < -0.4 is 21.3 Å². The Kier molecular flexibility index (Phi) is 13.1. The monoisotopic (exact) mass is 942 g/mol. The highest BCUT2D eigenvalue weighted by molar-refractivity contribution is 7.13. The number of nitrogen functional groups attached to an aromatic ring is 1. The third kappa shape index (κ3) is 9.56. The number of nitrogens with two attached hydrogens (primary N) is 1. The summed E-state index contributed by atoms with van der Waals surface area (Å²) in [5, 5.41) is 40.5. The number of aliphatic hydroxyl groups excluding tert-OH is 1. The summed E-state index contributed by atoms with van der Waals surface area (Å²) in [6.45, 7) is 10.8. The van der Waals surface area contributed by atoms with E-state index >= 15 is 0 Å². The second kappa shape index (κ2) is 19.1. The standard InChI is InChI=1S/C48H58N14O5S/c1-26(35-22-51-36(23-50-35)41-27(2)54-25-68-41)55-45(66)38-18-32(63)24-61(38)46(67)42(48(3,4)5)56-44(65)29-12-10-28(11-13-29)30-20-52-47(53-21-30)60-16-14-31(15-17-60)62-37-19-34(33-8-6-7-9-39(33)64)57-58-40(37)43(49)59-62/h6-9,19-23,25-26,28-29,31-32,38,42,63-64H,10-18,24H2,1-5H3,(H2,49,59)(H,55,66)(H,56,65)/t26-,28?,29?,32+,38-,42+/m0/s1. The maximum Gasteiger partial charge on any atom is 0.246 e. The fourth-order valence-electron chi connectivity index (χ4n) is 9.75. The zero-order valence-electron chi connectivity index (χ0n) is 38.9. The van der Waals surface area contributed by atoms with Crippen LogP contribution in [-0.2, 0) is 14.4 Å². The van der Waals surface area contributed by atoms with Crippen LogP contribution in [0.1, 0.15) is 108 Å². The van der Waals surface area contributed by atoms with E-state index in [4.69, 9.17) is 15.7 Å². The van der Waals surface area contributed by atoms with Crippen molar-refractivity contribution >= 4 is 51.9 Å². The molecule has 5 aromatic heterocycles. The molecule has 3 aliphatic rings. The van der Waals surface area contributed by atoms with Gasteiger partial charge >= 0.3 is 0 Å². The number of carbonyl (C=O) groups excluding carboxylic acids is 3. The second-order valence-electron chi connectivity index (χ2n) is 19.4. The Labute approximate surface area is 398 Å². The van der Waals surface area contributed by atoms with Gasteiger partial charge in [-0.2, -0.15) is 5.10 Å². The van der Waals surface area contributed by atoms with Gasteiger partial charge in [-0.3, -0.25) is 29.0 Å². The number of aromatic nitrogens is 9. The Morgan fingerprint density at radius 3 is 2.28 bits per heavy atom. The molecule has 356 valence electrons. The average Bonchev–Trinajstić information content (AvgIpc) is 4.06. The summed E-state index contributed by atoms with van der Waals surface area (Å²) < 4.78 is 1.93. The summed E-state index contributed by atoms with van der Waals surface area (Å²) in [6, 6.07) is 6.63. The number of fused-ring (bicyclic) bond motifs is 1. The number of benzene rings is 1. The van der Waals surface area contributed by atoms with Gasteiger partial charge in [0.05, 0.1) is 63.6 Å². The van der Waals surface area contributed by atoms with Gasteiger partial charge in [0, 0.05) is 49.9 Å². The summed E-state index contributed by atoms with van der Waals surface area (Å²) in [5.41, 5.74) is 12.9. The third-order valence-corrected chi connectivity index (χ3v) is 14.6. The summed E-state index contributed by atoms with van der Waals surface area (Å²) >= 11 is 1.48. The number of phenolic OH excluding ortho intramolecular Hbond substituents is 1. The normalized spacial score (nSPS) is 21.1. The van der Waals surface area contributed by atoms with Gasteiger partial charge in [0.25, 0.3) is 0 Å². The average molecular weight is 943 g/mol. The van der Waals surface area contributed by atoms with Crippen molar-refractivity contribution in [1.29, 1.82) is 0 Å². The van der Waals surface area contributed by atoms with E-state index in [0.717, 1.165) is 60.4 Å². The first-order chi connectivity index (χ1) is 32.6. The fourth-order valence-corrected chi connectivity index (χ4v) is 10.5. The fraction of sp³-hybridized carbons (Fsp3) is 0.479. The minimum Gasteiger partial charge on any atom is -0.507 e. The Hall–Kier alpha value is -6.67. The number of amides is 3. The highest BCUT2D eigenvalue weighted by Crippen LogP contribution is 2.38. The third-order valence-electron chi connectivity index (χ3n) is 13.7. The van der Waals surface area contributed by atoms with Gasteiger partial charge in [0.15, 0.2) is 11.3 Å². The molecule has 0 unspecified atom stereocenters. The molecule has 68 heavy (non-hydrogen) atoms. The van der Waals surface area contributed by atoms with Crippen LogP contribution in [0.4, 0.5) is 11.8 Å². The molecule has 19 nitrogen and oxygen atoms in total. The molecule has 20 heteroatoms. The molecule has 0 radical (unpaired) electrons. The molecule has 6 N–H and O–H groups in total. The lowest BCUT2D eigenvalue weighted by atomic mass is 9.78. The number of para-hydroxylation sites is 1. The highest BCUT2D eigenvalue weighted by atomic mass is 32.1. The maximum absolute atomic E-state index is 14.3. The van der Waals surface area contributed by atoms with Crippen molar-refractivity contribution in [2.75, 3.05) is 30.3 Å². The van der Waals surface area contributed by atoms with Crippen molar-refractivity contribution in [3.8, 4) is 27.6 Å². The van der Waals surface area contributed by atoms with Crippen molar-refractivity contribution in [2.45, 2.75) is 116 Å². The maximum atomic E-state index is 14.3. The van der Waals surface area contributed by atoms with Crippen LogP contribution in [0, 0.1) is 18.3 Å². The molecule has 7 heterocycles. The van der Waals surface area contributed by atoms with E-state index < -0.39 is 41.5 Å². The number of aryl methyl sites for hydroxylation is 1. The summed E-state index contributed by atoms with van der Waals surface area (Å²) in [7, 11) is 0. The van der Waals surface area contributed by atoms with Crippen LogP contribution >= 0.6 is 11.3 Å². The summed E-state index contributed by atoms with van der Waals surface area (Å²) in [5.74, 6) is 0.0195. The molecule has 3 fully saturated rings. The molecule has 2 aliphatic heterocycles. The largest absolute Gasteiger partial charge is 0.507 e. The minimum absolute atomic E-state index is 0.0153. The molecule has 9 rings (SSSR count). The number of thiazole rings is 1. The first-order valence-corrected chi connectivity index (χ1v) is 24.2. The van der Waals surface area contributed by atoms with Crippen LogP contribution in [0.15, 0.2) is 60.6 Å². The van der Waals surface area contributed by atoms with E-state index in [-0.39, 0.29) is 42.5 Å². The molecule has 1 aromatic carbocycles. The lowest BCUT2D eigenvalue weighted by Gasteiger charge is -2.37. The minimum atomic E-state index is -0.921. The second-order valence-corrected chi connectivity index (χ2v) is 20.3. The number of hydrogen-bond acceptors (Lipinski definition) is 16. The molecular formula is C48H58N14O5S. The van der Waals surface area contributed by atoms with Crippen molar-refractivity contribution in [2.24, 2.45) is 11.3 Å². The predicted octanol–water partition coefficient (Wildman–Crippen LogP) is 5.28. The van der Waals surface area contributed by atoms with Gasteiger partial charge < -0.3 is 36.4 Å².